The highest BCUT2D eigenvalue weighted by Crippen LogP contribution is 2.14. The van der Waals surface area contributed by atoms with E-state index in [1.165, 1.54) is 31.4 Å². The summed E-state index contributed by atoms with van der Waals surface area (Å²) in [6.07, 6.45) is 3.74. The Labute approximate surface area is 119 Å². The number of sulfone groups is 1. The smallest absolute Gasteiger partial charge is 0.292 e. The Hall–Kier alpha value is -1.43. The Bertz CT molecular complexity index is 468. The average Bonchev–Trinajstić information content (AvgIpc) is 2.44. The van der Waals surface area contributed by atoms with Gasteiger partial charge in [-0.25, -0.2) is 12.8 Å². The lowest BCUT2D eigenvalue weighted by atomic mass is 10.2. The first-order chi connectivity index (χ1) is 9.47. The SMILES string of the molecule is CCCCCCS(=O)(=O)c1ccc(F)cc1.COC=O. The molecule has 0 saturated heterocycles. The molecular formula is C14H21FO4S. The summed E-state index contributed by atoms with van der Waals surface area (Å²) in [5, 5.41) is 0. The van der Waals surface area contributed by atoms with E-state index in [4.69, 9.17) is 4.79 Å². The van der Waals surface area contributed by atoms with Crippen molar-refractivity contribution in [1.82, 2.24) is 0 Å². The third kappa shape index (κ3) is 7.89. The number of hydrogen-bond donors (Lipinski definition) is 0. The quantitative estimate of drug-likeness (QED) is 0.441. The van der Waals surface area contributed by atoms with Crippen molar-refractivity contribution in [2.45, 2.75) is 37.5 Å². The summed E-state index contributed by atoms with van der Waals surface area (Å²) in [5.74, 6) is -0.261. The van der Waals surface area contributed by atoms with Crippen LogP contribution in [0.3, 0.4) is 0 Å². The van der Waals surface area contributed by atoms with Gasteiger partial charge in [0.15, 0.2) is 9.84 Å². The van der Waals surface area contributed by atoms with Gasteiger partial charge in [0.05, 0.1) is 17.8 Å². The average molecular weight is 304 g/mol. The second-order valence-electron chi connectivity index (χ2n) is 4.17. The van der Waals surface area contributed by atoms with Crippen molar-refractivity contribution in [3.05, 3.63) is 30.1 Å². The standard InChI is InChI=1S/C12H17FO2S.C2H4O2/c1-2-3-4-5-10-16(14,15)12-8-6-11(13)7-9-12;1-4-2-3/h6-9H,2-5,10H2,1H3;2H,1H3. The van der Waals surface area contributed by atoms with Gasteiger partial charge in [0.25, 0.3) is 6.47 Å². The van der Waals surface area contributed by atoms with Crippen LogP contribution in [-0.4, -0.2) is 27.8 Å². The van der Waals surface area contributed by atoms with Crippen LogP contribution in [0.1, 0.15) is 32.6 Å². The highest BCUT2D eigenvalue weighted by molar-refractivity contribution is 7.91. The summed E-state index contributed by atoms with van der Waals surface area (Å²) in [6.45, 7) is 2.45. The molecule has 0 amide bonds. The topological polar surface area (TPSA) is 60.4 Å². The van der Waals surface area contributed by atoms with E-state index < -0.39 is 15.7 Å². The molecule has 0 aromatic heterocycles. The molecule has 0 spiro atoms. The molecule has 0 bridgehead atoms. The van der Waals surface area contributed by atoms with Gasteiger partial charge in [-0.05, 0) is 30.7 Å². The summed E-state index contributed by atoms with van der Waals surface area (Å²) in [4.78, 5) is 9.16. The van der Waals surface area contributed by atoms with Gasteiger partial charge in [0, 0.05) is 0 Å². The first-order valence-corrected chi connectivity index (χ1v) is 8.08. The van der Waals surface area contributed by atoms with Gasteiger partial charge < -0.3 is 4.74 Å². The maximum atomic E-state index is 12.6. The fourth-order valence-corrected chi connectivity index (χ4v) is 2.85. The molecular weight excluding hydrogens is 283 g/mol. The summed E-state index contributed by atoms with van der Waals surface area (Å²) < 4.78 is 40.1. The van der Waals surface area contributed by atoms with Crippen molar-refractivity contribution in [2.75, 3.05) is 12.9 Å². The molecule has 0 aliphatic rings. The van der Waals surface area contributed by atoms with Crippen molar-refractivity contribution in [3.8, 4) is 0 Å². The van der Waals surface area contributed by atoms with Crippen LogP contribution in [0.4, 0.5) is 4.39 Å². The first kappa shape index (κ1) is 18.6. The Morgan fingerprint density at radius 1 is 1.15 bits per heavy atom. The van der Waals surface area contributed by atoms with E-state index >= 15 is 0 Å². The van der Waals surface area contributed by atoms with Gasteiger partial charge in [-0.15, -0.1) is 0 Å². The number of ether oxygens (including phenoxy) is 1. The molecule has 0 atom stereocenters. The van der Waals surface area contributed by atoms with E-state index in [-0.39, 0.29) is 10.6 Å². The largest absolute Gasteiger partial charge is 0.471 e. The van der Waals surface area contributed by atoms with Crippen molar-refractivity contribution < 1.29 is 22.3 Å². The second kappa shape index (κ2) is 10.4. The van der Waals surface area contributed by atoms with E-state index in [9.17, 15) is 12.8 Å². The third-order valence-corrected chi connectivity index (χ3v) is 4.35. The van der Waals surface area contributed by atoms with E-state index in [0.717, 1.165) is 19.3 Å². The molecule has 0 radical (unpaired) electrons. The van der Waals surface area contributed by atoms with Gasteiger partial charge in [0.2, 0.25) is 0 Å². The van der Waals surface area contributed by atoms with Crippen LogP contribution in [0, 0.1) is 5.82 Å². The minimum Gasteiger partial charge on any atom is -0.471 e. The van der Waals surface area contributed by atoms with E-state index in [1.54, 1.807) is 0 Å². The highest BCUT2D eigenvalue weighted by Gasteiger charge is 2.13. The number of carbonyl (C=O) groups excluding carboxylic acids is 1. The monoisotopic (exact) mass is 304 g/mol. The number of rotatable bonds is 7. The number of carbonyl (C=O) groups is 1. The van der Waals surface area contributed by atoms with Gasteiger partial charge >= 0.3 is 0 Å². The number of hydrogen-bond acceptors (Lipinski definition) is 4. The van der Waals surface area contributed by atoms with Crippen molar-refractivity contribution in [3.63, 3.8) is 0 Å². The lowest BCUT2D eigenvalue weighted by molar-refractivity contribution is -0.126. The molecule has 6 heteroatoms. The Morgan fingerprint density at radius 2 is 1.70 bits per heavy atom. The molecule has 4 nitrogen and oxygen atoms in total. The molecule has 0 aliphatic heterocycles. The maximum Gasteiger partial charge on any atom is 0.292 e. The first-order valence-electron chi connectivity index (χ1n) is 6.42. The van der Waals surface area contributed by atoms with Gasteiger partial charge in [0.1, 0.15) is 5.82 Å². The molecule has 0 fully saturated rings. The summed E-state index contributed by atoms with van der Waals surface area (Å²) in [6, 6.07) is 5.01. The molecule has 1 aromatic carbocycles. The van der Waals surface area contributed by atoms with Gasteiger partial charge in [-0.3, -0.25) is 4.79 Å². The van der Waals surface area contributed by atoms with Crippen LogP contribution in [0.15, 0.2) is 29.2 Å². The van der Waals surface area contributed by atoms with E-state index in [0.29, 0.717) is 12.9 Å². The van der Waals surface area contributed by atoms with E-state index in [2.05, 4.69) is 11.7 Å². The number of halogens is 1. The van der Waals surface area contributed by atoms with E-state index in [1.807, 2.05) is 0 Å². The highest BCUT2D eigenvalue weighted by atomic mass is 32.2. The molecule has 1 aromatic rings. The number of methoxy groups -OCH3 is 1. The second-order valence-corrected chi connectivity index (χ2v) is 6.27. The molecule has 114 valence electrons. The summed E-state index contributed by atoms with van der Waals surface area (Å²) >= 11 is 0. The van der Waals surface area contributed by atoms with Crippen LogP contribution in [-0.2, 0) is 19.4 Å². The third-order valence-electron chi connectivity index (χ3n) is 2.54. The molecule has 20 heavy (non-hydrogen) atoms. The molecule has 1 rings (SSSR count). The van der Waals surface area contributed by atoms with Crippen LogP contribution in [0.5, 0.6) is 0 Å². The summed E-state index contributed by atoms with van der Waals surface area (Å²) in [5.41, 5.74) is 0. The fraction of sp³-hybridized carbons (Fsp3) is 0.500. The van der Waals surface area contributed by atoms with Crippen LogP contribution in [0.2, 0.25) is 0 Å². The lowest BCUT2D eigenvalue weighted by Crippen LogP contribution is -2.06. The van der Waals surface area contributed by atoms with Crippen molar-refractivity contribution in [2.24, 2.45) is 0 Å². The fourth-order valence-electron chi connectivity index (χ4n) is 1.48. The lowest BCUT2D eigenvalue weighted by Gasteiger charge is -2.03. The van der Waals surface area contributed by atoms with Crippen molar-refractivity contribution in [1.29, 1.82) is 0 Å². The Kier molecular flexibility index (Phi) is 9.63. The molecule has 0 heterocycles. The normalized spacial score (nSPS) is 10.3. The minimum atomic E-state index is -3.22. The minimum absolute atomic E-state index is 0.151. The van der Waals surface area contributed by atoms with Crippen LogP contribution >= 0.6 is 0 Å². The van der Waals surface area contributed by atoms with Gasteiger partial charge in [-0.1, -0.05) is 26.2 Å². The number of benzene rings is 1. The Morgan fingerprint density at radius 3 is 2.15 bits per heavy atom. The van der Waals surface area contributed by atoms with Crippen LogP contribution in [0.25, 0.3) is 0 Å². The zero-order chi connectivity index (χ0) is 15.4. The Balaban J connectivity index is 0.000000796. The molecule has 0 aliphatic carbocycles. The maximum absolute atomic E-state index is 12.6. The molecule has 0 N–H and O–H groups in total. The van der Waals surface area contributed by atoms with Gasteiger partial charge in [-0.2, -0.15) is 0 Å². The predicted octanol–water partition coefficient (Wildman–Crippen LogP) is 2.97. The zero-order valence-corrected chi connectivity index (χ0v) is 12.7. The van der Waals surface area contributed by atoms with Crippen LogP contribution < -0.4 is 0 Å². The zero-order valence-electron chi connectivity index (χ0n) is 11.8. The number of unbranched alkanes of at least 4 members (excludes halogenated alkanes) is 3. The molecule has 0 saturated carbocycles. The summed E-state index contributed by atoms with van der Waals surface area (Å²) in [7, 11) is -1.91. The predicted molar refractivity (Wildman–Crippen MR) is 75.7 cm³/mol. The van der Waals surface area contributed by atoms with Crippen molar-refractivity contribution >= 4 is 16.3 Å². The molecule has 0 unspecified atom stereocenters.